The lowest BCUT2D eigenvalue weighted by molar-refractivity contribution is -0.119. The van der Waals surface area contributed by atoms with Crippen LogP contribution in [0.5, 0.6) is 0 Å². The van der Waals surface area contributed by atoms with E-state index in [4.69, 9.17) is 5.73 Å². The molecule has 0 unspecified atom stereocenters. The first kappa shape index (κ1) is 10.9. The summed E-state index contributed by atoms with van der Waals surface area (Å²) in [5.41, 5.74) is 6.01. The van der Waals surface area contributed by atoms with Gasteiger partial charge in [-0.3, -0.25) is 4.79 Å². The van der Waals surface area contributed by atoms with Gasteiger partial charge in [-0.15, -0.1) is 14.8 Å². The molecule has 0 aromatic carbocycles. The lowest BCUT2D eigenvalue weighted by Gasteiger charge is -2.34. The molecule has 0 aliphatic carbocycles. The number of carbonyl (C=O) groups excluding carboxylic acids is 1. The van der Waals surface area contributed by atoms with Gasteiger partial charge in [0.2, 0.25) is 5.91 Å². The van der Waals surface area contributed by atoms with Crippen molar-refractivity contribution in [2.75, 3.05) is 11.4 Å². The number of fused-ring (bicyclic) bond motifs is 1. The van der Waals surface area contributed by atoms with E-state index in [1.54, 1.807) is 6.07 Å². The quantitative estimate of drug-likeness (QED) is 0.757. The molecule has 0 spiro atoms. The number of aromatic nitrogens is 5. The molecule has 0 radical (unpaired) electrons. The molecule has 2 N–H and O–H groups in total. The van der Waals surface area contributed by atoms with Gasteiger partial charge in [0.25, 0.3) is 0 Å². The van der Waals surface area contributed by atoms with E-state index >= 15 is 0 Å². The zero-order valence-corrected chi connectivity index (χ0v) is 9.73. The SMILES string of the molecule is NC(=O)[C@H]1CCCCN1c1ccc2nnnn2n1. The Hall–Kier alpha value is -2.25. The van der Waals surface area contributed by atoms with Crippen LogP contribution < -0.4 is 10.6 Å². The molecule has 8 nitrogen and oxygen atoms in total. The summed E-state index contributed by atoms with van der Waals surface area (Å²) in [5, 5.41) is 15.4. The predicted molar refractivity (Wildman–Crippen MR) is 62.8 cm³/mol. The van der Waals surface area contributed by atoms with Gasteiger partial charge in [-0.1, -0.05) is 0 Å². The first-order valence-corrected chi connectivity index (χ1v) is 5.87. The number of tetrazole rings is 1. The molecular formula is C10H13N7O. The molecule has 2 aromatic heterocycles. The van der Waals surface area contributed by atoms with Crippen LogP contribution >= 0.6 is 0 Å². The van der Waals surface area contributed by atoms with E-state index in [0.717, 1.165) is 25.8 Å². The molecule has 3 rings (SSSR count). The van der Waals surface area contributed by atoms with Crippen LogP contribution in [0.4, 0.5) is 5.82 Å². The van der Waals surface area contributed by atoms with Crippen molar-refractivity contribution >= 4 is 17.4 Å². The summed E-state index contributed by atoms with van der Waals surface area (Å²) in [6, 6.07) is 3.29. The number of nitrogens with two attached hydrogens (primary N) is 1. The summed E-state index contributed by atoms with van der Waals surface area (Å²) < 4.78 is 1.35. The molecule has 94 valence electrons. The molecule has 1 amide bonds. The van der Waals surface area contributed by atoms with Crippen LogP contribution in [-0.2, 0) is 4.79 Å². The van der Waals surface area contributed by atoms with E-state index < -0.39 is 0 Å². The minimum absolute atomic E-state index is 0.291. The van der Waals surface area contributed by atoms with Crippen molar-refractivity contribution < 1.29 is 4.79 Å². The Morgan fingerprint density at radius 3 is 3.11 bits per heavy atom. The van der Waals surface area contributed by atoms with Crippen molar-refractivity contribution in [1.82, 2.24) is 25.3 Å². The van der Waals surface area contributed by atoms with E-state index in [1.165, 1.54) is 4.63 Å². The van der Waals surface area contributed by atoms with Gasteiger partial charge in [-0.2, -0.15) is 0 Å². The fourth-order valence-corrected chi connectivity index (χ4v) is 2.29. The van der Waals surface area contributed by atoms with Crippen molar-refractivity contribution in [3.8, 4) is 0 Å². The number of amides is 1. The molecule has 1 aliphatic rings. The molecule has 0 bridgehead atoms. The predicted octanol–water partition coefficient (Wildman–Crippen LogP) is -0.637. The number of hydrogen-bond acceptors (Lipinski definition) is 6. The Morgan fingerprint density at radius 1 is 1.39 bits per heavy atom. The highest BCUT2D eigenvalue weighted by Gasteiger charge is 2.28. The minimum Gasteiger partial charge on any atom is -0.368 e. The second kappa shape index (κ2) is 4.21. The largest absolute Gasteiger partial charge is 0.368 e. The van der Waals surface area contributed by atoms with Crippen molar-refractivity contribution in [2.24, 2.45) is 5.73 Å². The van der Waals surface area contributed by atoms with Crippen molar-refractivity contribution in [1.29, 1.82) is 0 Å². The number of nitrogens with zero attached hydrogens (tertiary/aromatic N) is 6. The van der Waals surface area contributed by atoms with Gasteiger partial charge < -0.3 is 10.6 Å². The van der Waals surface area contributed by atoms with Crippen LogP contribution in [0.15, 0.2) is 12.1 Å². The summed E-state index contributed by atoms with van der Waals surface area (Å²) in [4.78, 5) is 13.4. The van der Waals surface area contributed by atoms with Crippen molar-refractivity contribution in [3.63, 3.8) is 0 Å². The topological polar surface area (TPSA) is 102 Å². The Labute approximate surface area is 103 Å². The van der Waals surface area contributed by atoms with Gasteiger partial charge in [0, 0.05) is 6.54 Å². The van der Waals surface area contributed by atoms with Crippen LogP contribution in [0.25, 0.3) is 5.65 Å². The fraction of sp³-hybridized carbons (Fsp3) is 0.500. The highest BCUT2D eigenvalue weighted by molar-refractivity contribution is 5.83. The van der Waals surface area contributed by atoms with Gasteiger partial charge >= 0.3 is 0 Å². The number of anilines is 1. The summed E-state index contributed by atoms with van der Waals surface area (Å²) in [7, 11) is 0. The molecule has 2 aromatic rings. The number of hydrogen-bond donors (Lipinski definition) is 1. The Morgan fingerprint density at radius 2 is 2.28 bits per heavy atom. The smallest absolute Gasteiger partial charge is 0.240 e. The summed E-state index contributed by atoms with van der Waals surface area (Å²) >= 11 is 0. The monoisotopic (exact) mass is 247 g/mol. The summed E-state index contributed by atoms with van der Waals surface area (Å²) in [6.07, 6.45) is 2.81. The third kappa shape index (κ3) is 1.75. The number of piperidine rings is 1. The van der Waals surface area contributed by atoms with Gasteiger partial charge in [-0.25, -0.2) is 0 Å². The Balaban J connectivity index is 1.97. The maximum Gasteiger partial charge on any atom is 0.240 e. The van der Waals surface area contributed by atoms with E-state index in [0.29, 0.717) is 11.5 Å². The second-order valence-electron chi connectivity index (χ2n) is 4.33. The van der Waals surface area contributed by atoms with Gasteiger partial charge in [0.05, 0.1) is 0 Å². The average Bonchev–Trinajstić information content (AvgIpc) is 2.85. The molecule has 1 atom stereocenters. The lowest BCUT2D eigenvalue weighted by atomic mass is 10.0. The van der Waals surface area contributed by atoms with E-state index in [-0.39, 0.29) is 11.9 Å². The fourth-order valence-electron chi connectivity index (χ4n) is 2.29. The molecule has 8 heteroatoms. The van der Waals surface area contributed by atoms with Crippen LogP contribution in [0.1, 0.15) is 19.3 Å². The van der Waals surface area contributed by atoms with Crippen LogP contribution in [0.2, 0.25) is 0 Å². The lowest BCUT2D eigenvalue weighted by Crippen LogP contribution is -2.48. The van der Waals surface area contributed by atoms with E-state index in [9.17, 15) is 4.79 Å². The zero-order chi connectivity index (χ0) is 12.5. The molecule has 1 saturated heterocycles. The number of rotatable bonds is 2. The summed E-state index contributed by atoms with van der Waals surface area (Å²) in [6.45, 7) is 0.772. The Kier molecular flexibility index (Phi) is 2.54. The first-order valence-electron chi connectivity index (χ1n) is 5.87. The van der Waals surface area contributed by atoms with Gasteiger partial charge in [0.1, 0.15) is 6.04 Å². The molecule has 3 heterocycles. The summed E-state index contributed by atoms with van der Waals surface area (Å²) in [5.74, 6) is 0.367. The molecular weight excluding hydrogens is 234 g/mol. The van der Waals surface area contributed by atoms with Crippen molar-refractivity contribution in [2.45, 2.75) is 25.3 Å². The van der Waals surface area contributed by atoms with Crippen molar-refractivity contribution in [3.05, 3.63) is 12.1 Å². The van der Waals surface area contributed by atoms with Gasteiger partial charge in [-0.05, 0) is 41.8 Å². The molecule has 18 heavy (non-hydrogen) atoms. The standard InChI is InChI=1S/C10H13N7O/c11-10(18)7-3-1-2-6-16(7)9-5-4-8-12-14-15-17(8)13-9/h4-5,7H,1-3,6H2,(H2,11,18)/t7-/m1/s1. The van der Waals surface area contributed by atoms with E-state index in [1.807, 2.05) is 11.0 Å². The third-order valence-corrected chi connectivity index (χ3v) is 3.18. The molecule has 0 saturated carbocycles. The normalized spacial score (nSPS) is 20.2. The first-order chi connectivity index (χ1) is 8.75. The molecule has 1 fully saturated rings. The van der Waals surface area contributed by atoms with E-state index in [2.05, 4.69) is 20.6 Å². The van der Waals surface area contributed by atoms with Crippen LogP contribution in [0, 0.1) is 0 Å². The number of carbonyl (C=O) groups is 1. The maximum atomic E-state index is 11.5. The zero-order valence-electron chi connectivity index (χ0n) is 9.73. The Bertz CT molecular complexity index is 580. The van der Waals surface area contributed by atoms with Crippen LogP contribution in [0.3, 0.4) is 0 Å². The highest BCUT2D eigenvalue weighted by atomic mass is 16.1. The maximum absolute atomic E-state index is 11.5. The minimum atomic E-state index is -0.312. The highest BCUT2D eigenvalue weighted by Crippen LogP contribution is 2.22. The van der Waals surface area contributed by atoms with Crippen LogP contribution in [-0.4, -0.2) is 43.7 Å². The second-order valence-corrected chi connectivity index (χ2v) is 4.33. The van der Waals surface area contributed by atoms with Gasteiger partial charge in [0.15, 0.2) is 11.5 Å². The average molecular weight is 247 g/mol. The number of primary amides is 1. The molecule has 1 aliphatic heterocycles. The third-order valence-electron chi connectivity index (χ3n) is 3.18.